The Bertz CT molecular complexity index is 126. The van der Waals surface area contributed by atoms with Crippen LogP contribution in [0.2, 0.25) is 0 Å². The van der Waals surface area contributed by atoms with Crippen LogP contribution in [0.3, 0.4) is 0 Å². The summed E-state index contributed by atoms with van der Waals surface area (Å²) in [4.78, 5) is 11.0. The molecule has 0 fully saturated rings. The maximum Gasteiger partial charge on any atom is 0.306 e. The average molecular weight is 204 g/mol. The first-order valence-corrected chi connectivity index (χ1v) is 6.20. The molecule has 0 saturated carbocycles. The maximum atomic E-state index is 11.0. The molecular weight excluding hydrogens is 184 g/mol. The maximum absolute atomic E-state index is 11.0. The number of unbranched alkanes of at least 4 members (excludes halogenated alkanes) is 1. The molecule has 0 aromatic carbocycles. The molecule has 0 aromatic rings. The highest BCUT2D eigenvalue weighted by Crippen LogP contribution is 2.06. The Kier molecular flexibility index (Phi) is 9.77. The largest absolute Gasteiger partial charge is 0.466 e. The van der Waals surface area contributed by atoms with Gasteiger partial charge in [0, 0.05) is 5.75 Å². The molecule has 0 spiro atoms. The van der Waals surface area contributed by atoms with Crippen molar-refractivity contribution < 1.29 is 9.53 Å². The normalized spacial score (nSPS) is 10.0. The van der Waals surface area contributed by atoms with Crippen LogP contribution in [-0.4, -0.2) is 24.1 Å². The second-order valence-electron chi connectivity index (χ2n) is 2.94. The molecule has 0 aliphatic carbocycles. The Morgan fingerprint density at radius 2 is 2.00 bits per heavy atom. The molecule has 0 radical (unpaired) electrons. The zero-order chi connectivity index (χ0) is 9.94. The van der Waals surface area contributed by atoms with Crippen molar-refractivity contribution in [2.24, 2.45) is 0 Å². The van der Waals surface area contributed by atoms with Gasteiger partial charge in [-0.25, -0.2) is 0 Å². The number of carbonyl (C=O) groups is 1. The summed E-state index contributed by atoms with van der Waals surface area (Å²) in [6.45, 7) is 4.75. The molecule has 78 valence electrons. The van der Waals surface area contributed by atoms with Gasteiger partial charge in [-0.05, 0) is 18.6 Å². The van der Waals surface area contributed by atoms with Crippen LogP contribution in [0.15, 0.2) is 0 Å². The van der Waals surface area contributed by atoms with Gasteiger partial charge in [0.15, 0.2) is 0 Å². The number of hydrogen-bond acceptors (Lipinski definition) is 3. The minimum absolute atomic E-state index is 0.0501. The number of ether oxygens (including phenoxy) is 1. The topological polar surface area (TPSA) is 26.3 Å². The summed E-state index contributed by atoms with van der Waals surface area (Å²) >= 11 is 1.84. The molecule has 0 aliphatic heterocycles. The fraction of sp³-hybridized carbons (Fsp3) is 0.900. The Balaban J connectivity index is 3.08. The zero-order valence-corrected chi connectivity index (χ0v) is 9.49. The summed E-state index contributed by atoms with van der Waals surface area (Å²) in [5, 5.41) is 0. The highest BCUT2D eigenvalue weighted by molar-refractivity contribution is 7.99. The van der Waals surface area contributed by atoms with Crippen molar-refractivity contribution in [1.29, 1.82) is 0 Å². The average Bonchev–Trinajstić information content (AvgIpc) is 2.14. The van der Waals surface area contributed by atoms with Crippen LogP contribution in [0.1, 0.15) is 39.5 Å². The van der Waals surface area contributed by atoms with Gasteiger partial charge in [-0.1, -0.05) is 20.3 Å². The molecule has 0 N–H and O–H groups in total. The van der Waals surface area contributed by atoms with E-state index >= 15 is 0 Å². The third kappa shape index (κ3) is 9.74. The van der Waals surface area contributed by atoms with Gasteiger partial charge in [-0.3, -0.25) is 4.79 Å². The lowest BCUT2D eigenvalue weighted by atomic mass is 10.4. The van der Waals surface area contributed by atoms with E-state index in [2.05, 4.69) is 6.92 Å². The third-order valence-electron chi connectivity index (χ3n) is 1.56. The van der Waals surface area contributed by atoms with E-state index in [-0.39, 0.29) is 5.97 Å². The standard InChI is InChI=1S/C10H20O2S/c1-3-5-8-13-9-6-10(11)12-7-4-2/h3-9H2,1-2H3. The summed E-state index contributed by atoms with van der Waals surface area (Å²) in [5.74, 6) is 2.02. The van der Waals surface area contributed by atoms with E-state index in [1.54, 1.807) is 0 Å². The molecule has 2 nitrogen and oxygen atoms in total. The van der Waals surface area contributed by atoms with E-state index in [1.165, 1.54) is 12.8 Å². The van der Waals surface area contributed by atoms with Gasteiger partial charge in [0.2, 0.25) is 0 Å². The summed E-state index contributed by atoms with van der Waals surface area (Å²) in [7, 11) is 0. The van der Waals surface area contributed by atoms with E-state index in [4.69, 9.17) is 4.74 Å². The molecule has 0 saturated heterocycles. The molecule has 0 atom stereocenters. The number of hydrogen-bond donors (Lipinski definition) is 0. The van der Waals surface area contributed by atoms with E-state index in [9.17, 15) is 4.79 Å². The number of rotatable bonds is 8. The molecule has 0 unspecified atom stereocenters. The first-order valence-electron chi connectivity index (χ1n) is 5.04. The van der Waals surface area contributed by atoms with Crippen LogP contribution < -0.4 is 0 Å². The highest BCUT2D eigenvalue weighted by Gasteiger charge is 2.00. The summed E-state index contributed by atoms with van der Waals surface area (Å²) in [5.41, 5.74) is 0. The molecule has 0 heterocycles. The van der Waals surface area contributed by atoms with Gasteiger partial charge in [0.1, 0.15) is 0 Å². The Morgan fingerprint density at radius 1 is 1.23 bits per heavy atom. The number of carbonyl (C=O) groups excluding carboxylic acids is 1. The van der Waals surface area contributed by atoms with Crippen LogP contribution in [0, 0.1) is 0 Å². The number of thioether (sulfide) groups is 1. The lowest BCUT2D eigenvalue weighted by molar-refractivity contribution is -0.143. The predicted molar refractivity (Wildman–Crippen MR) is 58.1 cm³/mol. The van der Waals surface area contributed by atoms with E-state index in [0.29, 0.717) is 13.0 Å². The smallest absolute Gasteiger partial charge is 0.306 e. The summed E-state index contributed by atoms with van der Waals surface area (Å²) < 4.78 is 4.95. The van der Waals surface area contributed by atoms with Crippen LogP contribution in [-0.2, 0) is 9.53 Å². The van der Waals surface area contributed by atoms with Crippen LogP contribution in [0.25, 0.3) is 0 Å². The Hall–Kier alpha value is -0.180. The van der Waals surface area contributed by atoms with E-state index in [0.717, 1.165) is 17.9 Å². The minimum Gasteiger partial charge on any atom is -0.466 e. The first-order chi connectivity index (χ1) is 6.31. The number of esters is 1. The quantitative estimate of drug-likeness (QED) is 0.449. The van der Waals surface area contributed by atoms with Crippen molar-refractivity contribution in [3.05, 3.63) is 0 Å². The molecule has 13 heavy (non-hydrogen) atoms. The Morgan fingerprint density at radius 3 is 2.62 bits per heavy atom. The second-order valence-corrected chi connectivity index (χ2v) is 4.16. The van der Waals surface area contributed by atoms with Crippen molar-refractivity contribution in [3.63, 3.8) is 0 Å². The third-order valence-corrected chi connectivity index (χ3v) is 2.63. The first kappa shape index (κ1) is 12.8. The monoisotopic (exact) mass is 204 g/mol. The molecule has 0 amide bonds. The van der Waals surface area contributed by atoms with E-state index < -0.39 is 0 Å². The Labute approximate surface area is 85.4 Å². The lowest BCUT2D eigenvalue weighted by Crippen LogP contribution is -2.06. The molecule has 0 aromatic heterocycles. The van der Waals surface area contributed by atoms with Gasteiger partial charge in [0.05, 0.1) is 13.0 Å². The molecule has 0 aliphatic rings. The molecule has 0 rings (SSSR count). The van der Waals surface area contributed by atoms with Crippen molar-refractivity contribution in [1.82, 2.24) is 0 Å². The van der Waals surface area contributed by atoms with Crippen molar-refractivity contribution in [2.75, 3.05) is 18.1 Å². The van der Waals surface area contributed by atoms with Gasteiger partial charge in [-0.2, -0.15) is 11.8 Å². The molecule has 3 heteroatoms. The predicted octanol–water partition coefficient (Wildman–Crippen LogP) is 2.86. The highest BCUT2D eigenvalue weighted by atomic mass is 32.2. The van der Waals surface area contributed by atoms with Crippen molar-refractivity contribution in [3.8, 4) is 0 Å². The van der Waals surface area contributed by atoms with Crippen LogP contribution in [0.4, 0.5) is 0 Å². The SMILES string of the molecule is CCCCSCCC(=O)OCCC. The fourth-order valence-electron chi connectivity index (χ4n) is 0.792. The summed E-state index contributed by atoms with van der Waals surface area (Å²) in [6.07, 6.45) is 3.95. The minimum atomic E-state index is -0.0501. The van der Waals surface area contributed by atoms with Gasteiger partial charge < -0.3 is 4.74 Å². The summed E-state index contributed by atoms with van der Waals surface area (Å²) in [6, 6.07) is 0. The van der Waals surface area contributed by atoms with Gasteiger partial charge in [0.25, 0.3) is 0 Å². The fourth-order valence-corrected chi connectivity index (χ4v) is 1.80. The second kappa shape index (κ2) is 9.90. The van der Waals surface area contributed by atoms with Crippen LogP contribution in [0.5, 0.6) is 0 Å². The molecule has 0 bridgehead atoms. The van der Waals surface area contributed by atoms with Crippen molar-refractivity contribution in [2.45, 2.75) is 39.5 Å². The van der Waals surface area contributed by atoms with Gasteiger partial charge in [-0.15, -0.1) is 0 Å². The van der Waals surface area contributed by atoms with E-state index in [1.807, 2.05) is 18.7 Å². The van der Waals surface area contributed by atoms with Gasteiger partial charge >= 0.3 is 5.97 Å². The lowest BCUT2D eigenvalue weighted by Gasteiger charge is -2.02. The zero-order valence-electron chi connectivity index (χ0n) is 8.67. The molecular formula is C10H20O2S. The van der Waals surface area contributed by atoms with Crippen molar-refractivity contribution >= 4 is 17.7 Å². The van der Waals surface area contributed by atoms with Crippen LogP contribution >= 0.6 is 11.8 Å².